The van der Waals surface area contributed by atoms with Crippen LogP contribution in [0, 0.1) is 0 Å². The quantitative estimate of drug-likeness (QED) is 0.770. The number of aromatic nitrogens is 3. The molecule has 0 aliphatic carbocycles. The Bertz CT molecular complexity index is 923. The molecule has 2 aromatic rings. The van der Waals surface area contributed by atoms with Gasteiger partial charge in [-0.15, -0.1) is 4.98 Å². The third-order valence-corrected chi connectivity index (χ3v) is 4.44. The molecule has 1 aromatic carbocycles. The van der Waals surface area contributed by atoms with Gasteiger partial charge in [0, 0.05) is 0 Å². The number of anilines is 1. The normalized spacial score (nSPS) is 10.7. The van der Waals surface area contributed by atoms with Gasteiger partial charge >= 0.3 is 18.1 Å². The van der Waals surface area contributed by atoms with Gasteiger partial charge in [-0.3, -0.25) is 5.32 Å². The van der Waals surface area contributed by atoms with E-state index >= 15 is 0 Å². The Labute approximate surface area is 150 Å². The van der Waals surface area contributed by atoms with Crippen molar-refractivity contribution in [3.05, 3.63) is 36.4 Å². The topological polar surface area (TPSA) is 132 Å². The van der Waals surface area contributed by atoms with E-state index in [9.17, 15) is 13.2 Å². The molecule has 1 aromatic heterocycles. The van der Waals surface area contributed by atoms with Gasteiger partial charge in [0.2, 0.25) is 5.95 Å². The van der Waals surface area contributed by atoms with E-state index in [0.717, 1.165) is 0 Å². The monoisotopic (exact) mass is 379 g/mol. The number of carbonyl (C=O) groups is 1. The van der Waals surface area contributed by atoms with E-state index in [1.54, 1.807) is 25.1 Å². The zero-order valence-corrected chi connectivity index (χ0v) is 15.1. The number of benzene rings is 1. The average Bonchev–Trinajstić information content (AvgIpc) is 2.60. The smallest absolute Gasteiger partial charge is 0.335 e. The highest BCUT2D eigenvalue weighted by atomic mass is 32.2. The van der Waals surface area contributed by atoms with Crippen molar-refractivity contribution >= 4 is 27.6 Å². The van der Waals surface area contributed by atoms with E-state index < -0.39 is 16.1 Å². The number of methoxy groups -OCH3 is 2. The van der Waals surface area contributed by atoms with Crippen LogP contribution in [0.2, 0.25) is 0 Å². The van der Waals surface area contributed by atoms with E-state index in [1.165, 1.54) is 20.3 Å². The minimum atomic E-state index is -4.14. The fraction of sp³-hybridized carbons (Fsp3) is 0.200. The van der Waals surface area contributed by atoms with E-state index in [4.69, 9.17) is 9.47 Å². The second-order valence-corrected chi connectivity index (χ2v) is 6.62. The highest BCUT2D eigenvalue weighted by Gasteiger charge is 2.22. The third kappa shape index (κ3) is 4.45. The van der Waals surface area contributed by atoms with Gasteiger partial charge in [-0.2, -0.15) is 9.97 Å². The summed E-state index contributed by atoms with van der Waals surface area (Å²) < 4.78 is 36.6. The van der Waals surface area contributed by atoms with Crippen LogP contribution >= 0.6 is 0 Å². The molecule has 0 saturated heterocycles. The van der Waals surface area contributed by atoms with Crippen molar-refractivity contribution in [1.82, 2.24) is 19.7 Å². The molecular weight excluding hydrogens is 362 g/mol. The maximum Gasteiger partial charge on any atom is 0.335 e. The van der Waals surface area contributed by atoms with E-state index in [1.807, 2.05) is 4.72 Å². The molecule has 11 heteroatoms. The largest absolute Gasteiger partial charge is 0.467 e. The second-order valence-electron chi connectivity index (χ2n) is 4.97. The lowest BCUT2D eigenvalue weighted by Gasteiger charge is -2.12. The lowest BCUT2D eigenvalue weighted by molar-refractivity contribution is 0.256. The Morgan fingerprint density at radius 2 is 1.65 bits per heavy atom. The van der Waals surface area contributed by atoms with E-state index in [-0.39, 0.29) is 22.9 Å². The Kier molecular flexibility index (Phi) is 5.72. The first kappa shape index (κ1) is 19.1. The molecule has 0 spiro atoms. The minimum absolute atomic E-state index is 0.0755. The molecule has 0 fully saturated rings. The van der Waals surface area contributed by atoms with Gasteiger partial charge < -0.3 is 9.47 Å². The average molecular weight is 379 g/mol. The molecule has 2 amide bonds. The fourth-order valence-electron chi connectivity index (χ4n) is 1.93. The molecular formula is C15H17N5O5S. The number of nitrogens with zero attached hydrogens (tertiary/aromatic N) is 3. The first-order chi connectivity index (χ1) is 12.3. The zero-order valence-electron chi connectivity index (χ0n) is 14.3. The Balaban J connectivity index is 2.23. The van der Waals surface area contributed by atoms with Crippen LogP contribution in [0.25, 0.3) is 5.57 Å². The molecule has 2 rings (SSSR count). The van der Waals surface area contributed by atoms with Crippen molar-refractivity contribution in [2.24, 2.45) is 0 Å². The first-order valence-electron chi connectivity index (χ1n) is 7.19. The minimum Gasteiger partial charge on any atom is -0.467 e. The Morgan fingerprint density at radius 3 is 2.19 bits per heavy atom. The Hall–Kier alpha value is -3.21. The maximum absolute atomic E-state index is 12.5. The van der Waals surface area contributed by atoms with Gasteiger partial charge in [-0.05, 0) is 24.1 Å². The SMILES string of the molecule is C=C(C)c1ccccc1S(=O)(=O)NC(=O)Nc1nc(OC)nc(OC)n1. The summed E-state index contributed by atoms with van der Waals surface area (Å²) >= 11 is 0. The number of carbonyl (C=O) groups excluding carboxylic acids is 1. The number of rotatable bonds is 6. The van der Waals surface area contributed by atoms with Crippen LogP contribution in [-0.2, 0) is 10.0 Å². The fourth-order valence-corrected chi connectivity index (χ4v) is 3.13. The standard InChI is InChI=1S/C15H17N5O5S/c1-9(2)10-7-5-6-8-11(10)26(22,23)20-13(21)16-12-17-14(24-3)19-15(18-12)25-4/h5-8H,1H2,2-4H3,(H2,16,17,18,19,20,21). The van der Waals surface area contributed by atoms with Gasteiger partial charge in [0.05, 0.1) is 19.1 Å². The number of urea groups is 1. The van der Waals surface area contributed by atoms with Gasteiger partial charge in [-0.1, -0.05) is 24.8 Å². The van der Waals surface area contributed by atoms with Crippen molar-refractivity contribution in [2.75, 3.05) is 19.5 Å². The van der Waals surface area contributed by atoms with Crippen molar-refractivity contribution in [2.45, 2.75) is 11.8 Å². The van der Waals surface area contributed by atoms with Crippen molar-refractivity contribution in [3.63, 3.8) is 0 Å². The predicted molar refractivity (Wildman–Crippen MR) is 93.4 cm³/mol. The van der Waals surface area contributed by atoms with Crippen molar-refractivity contribution < 1.29 is 22.7 Å². The molecule has 0 unspecified atom stereocenters. The van der Waals surface area contributed by atoms with Crippen LogP contribution < -0.4 is 19.5 Å². The molecule has 10 nitrogen and oxygen atoms in total. The Morgan fingerprint density at radius 1 is 1.08 bits per heavy atom. The van der Waals surface area contributed by atoms with Crippen molar-refractivity contribution in [3.8, 4) is 12.0 Å². The summed E-state index contributed by atoms with van der Waals surface area (Å²) in [6.45, 7) is 5.40. The number of ether oxygens (including phenoxy) is 2. The van der Waals surface area contributed by atoms with Crippen LogP contribution in [0.3, 0.4) is 0 Å². The van der Waals surface area contributed by atoms with Crippen molar-refractivity contribution in [1.29, 1.82) is 0 Å². The maximum atomic E-state index is 12.5. The molecule has 138 valence electrons. The summed E-state index contributed by atoms with van der Waals surface area (Å²) in [5, 5.41) is 2.19. The number of nitrogens with one attached hydrogen (secondary N) is 2. The summed E-state index contributed by atoms with van der Waals surface area (Å²) in [5.41, 5.74) is 0.939. The lowest BCUT2D eigenvalue weighted by atomic mass is 10.1. The summed E-state index contributed by atoms with van der Waals surface area (Å²) in [7, 11) is -1.51. The van der Waals surface area contributed by atoms with Gasteiger partial charge in [-0.25, -0.2) is 17.9 Å². The third-order valence-electron chi connectivity index (χ3n) is 3.05. The van der Waals surface area contributed by atoms with Gasteiger partial charge in [0.1, 0.15) is 0 Å². The second kappa shape index (κ2) is 7.78. The number of amides is 2. The van der Waals surface area contributed by atoms with Crippen LogP contribution in [0.1, 0.15) is 12.5 Å². The molecule has 1 heterocycles. The molecule has 26 heavy (non-hydrogen) atoms. The van der Waals surface area contributed by atoms with E-state index in [0.29, 0.717) is 11.1 Å². The number of sulfonamides is 1. The number of allylic oxidation sites excluding steroid dienone is 1. The molecule has 0 aliphatic heterocycles. The summed E-state index contributed by atoms with van der Waals surface area (Å²) in [5.74, 6) is -0.241. The lowest BCUT2D eigenvalue weighted by Crippen LogP contribution is -2.35. The predicted octanol–water partition coefficient (Wildman–Crippen LogP) is 1.43. The summed E-state index contributed by atoms with van der Waals surface area (Å²) in [6, 6.07) is 4.90. The number of hydrogen-bond donors (Lipinski definition) is 2. The molecule has 0 saturated carbocycles. The van der Waals surface area contributed by atoms with Crippen LogP contribution in [0.5, 0.6) is 12.0 Å². The van der Waals surface area contributed by atoms with E-state index in [2.05, 4.69) is 26.8 Å². The summed E-state index contributed by atoms with van der Waals surface area (Å²) in [6.07, 6.45) is 0. The highest BCUT2D eigenvalue weighted by Crippen LogP contribution is 2.21. The zero-order chi connectivity index (χ0) is 19.3. The molecule has 2 N–H and O–H groups in total. The summed E-state index contributed by atoms with van der Waals surface area (Å²) in [4.78, 5) is 23.3. The van der Waals surface area contributed by atoms with Crippen LogP contribution in [0.4, 0.5) is 10.7 Å². The van der Waals surface area contributed by atoms with Crippen LogP contribution in [0.15, 0.2) is 35.7 Å². The van der Waals surface area contributed by atoms with Crippen LogP contribution in [-0.4, -0.2) is 43.6 Å². The van der Waals surface area contributed by atoms with Gasteiger partial charge in [0.15, 0.2) is 0 Å². The molecule has 0 atom stereocenters. The highest BCUT2D eigenvalue weighted by molar-refractivity contribution is 7.90. The first-order valence-corrected chi connectivity index (χ1v) is 8.68. The number of hydrogen-bond acceptors (Lipinski definition) is 8. The molecule has 0 radical (unpaired) electrons. The van der Waals surface area contributed by atoms with Gasteiger partial charge in [0.25, 0.3) is 10.0 Å². The molecule has 0 aliphatic rings. The molecule has 0 bridgehead atoms.